The molecule has 0 unspecified atom stereocenters. The van der Waals surface area contributed by atoms with E-state index in [-0.39, 0.29) is 0 Å². The van der Waals surface area contributed by atoms with Gasteiger partial charge in [0.25, 0.3) is 0 Å². The second-order valence-electron chi connectivity index (χ2n) is 3.99. The minimum Gasteiger partial charge on any atom is -0.744 e. The molecule has 0 N–H and O–H groups in total. The van der Waals surface area contributed by atoms with Crippen molar-refractivity contribution in [3.05, 3.63) is 25.7 Å². The quantitative estimate of drug-likeness (QED) is 0.184. The van der Waals surface area contributed by atoms with Gasteiger partial charge in [-0.15, -0.1) is 6.54 Å². The minimum absolute atomic E-state index is 0.874. The van der Waals surface area contributed by atoms with E-state index in [1.807, 2.05) is 0 Å². The average molecular weight is 527 g/mol. The van der Waals surface area contributed by atoms with Gasteiger partial charge in [-0.25, -0.2) is 25.6 Å². The second kappa shape index (κ2) is 7.41. The van der Waals surface area contributed by atoms with Crippen molar-refractivity contribution in [1.29, 1.82) is 0 Å². The van der Waals surface area contributed by atoms with Crippen LogP contribution in [-0.4, -0.2) is 40.0 Å². The van der Waals surface area contributed by atoms with E-state index in [1.54, 1.807) is 0 Å². The lowest BCUT2D eigenvalue weighted by molar-refractivity contribution is -0.0427. The molecule has 25 heavy (non-hydrogen) atoms. The van der Waals surface area contributed by atoms with Crippen LogP contribution < -0.4 is 4.74 Å². The Kier molecular flexibility index (Phi) is 6.58. The topological polar surface area (TPSA) is 115 Å². The van der Waals surface area contributed by atoms with E-state index in [0.29, 0.717) is 0 Å². The van der Waals surface area contributed by atoms with E-state index in [0.717, 1.165) is 22.6 Å². The molecule has 1 aromatic carbocycles. The minimum atomic E-state index is -5.85. The van der Waals surface area contributed by atoms with E-state index in [2.05, 4.69) is 9.46 Å². The lowest BCUT2D eigenvalue weighted by atomic mass is 10.3. The van der Waals surface area contributed by atoms with Gasteiger partial charge in [0.2, 0.25) is 5.82 Å². The van der Waals surface area contributed by atoms with Crippen LogP contribution in [0.1, 0.15) is 0 Å². The highest BCUT2D eigenvalue weighted by Gasteiger charge is 2.38. The Bertz CT molecular complexity index is 856. The van der Waals surface area contributed by atoms with Gasteiger partial charge in [0.15, 0.2) is 27.4 Å². The van der Waals surface area contributed by atoms with Gasteiger partial charge in [0.05, 0.1) is 10.2 Å². The molecule has 0 spiro atoms. The van der Waals surface area contributed by atoms with Crippen LogP contribution in [0.4, 0.5) is 26.3 Å². The zero-order valence-corrected chi connectivity index (χ0v) is 15.1. The van der Waals surface area contributed by atoms with Gasteiger partial charge in [0, 0.05) is 0 Å². The maximum Gasteiger partial charge on any atom is 0.480 e. The Hall–Kier alpha value is -0.850. The van der Waals surface area contributed by atoms with Gasteiger partial charge in [0.1, 0.15) is 15.0 Å². The maximum absolute atomic E-state index is 13.8. The van der Waals surface area contributed by atoms with Crippen LogP contribution in [-0.2, 0) is 20.1 Å². The van der Waals surface area contributed by atoms with Gasteiger partial charge in [-0.1, -0.05) is 0 Å². The standard InChI is InChI=1S/C9H5F6INO6S2/c10-3-4(11)8(24(18,19)20)6(16)5(12)7(3)23-2-1-17-25(21,22)9(13,14)15/h1-2H2,(H,18,19,20)/q-1/p-1. The number of hydrogen-bond donors (Lipinski definition) is 0. The number of nitrogens with zero attached hydrogens (tertiary/aromatic N) is 1. The van der Waals surface area contributed by atoms with Crippen molar-refractivity contribution in [3.8, 4) is 5.75 Å². The number of ether oxygens (including phenoxy) is 1. The molecule has 0 amide bonds. The molecule has 0 aromatic heterocycles. The van der Waals surface area contributed by atoms with E-state index in [1.165, 1.54) is 0 Å². The number of hydrogen-bond acceptors (Lipinski definition) is 6. The summed E-state index contributed by atoms with van der Waals surface area (Å²) in [6.45, 7) is -2.34. The first-order valence-corrected chi connectivity index (χ1v) is 9.48. The van der Waals surface area contributed by atoms with E-state index in [9.17, 15) is 47.7 Å². The molecule has 0 atom stereocenters. The van der Waals surface area contributed by atoms with Crippen molar-refractivity contribution in [2.45, 2.75) is 10.4 Å². The van der Waals surface area contributed by atoms with Crippen LogP contribution in [0.25, 0.3) is 4.72 Å². The van der Waals surface area contributed by atoms with Crippen molar-refractivity contribution in [2.75, 3.05) is 13.2 Å². The third-order valence-corrected chi connectivity index (χ3v) is 5.69. The molecule has 0 fully saturated rings. The monoisotopic (exact) mass is 527 g/mol. The zero-order chi connectivity index (χ0) is 19.8. The van der Waals surface area contributed by atoms with Crippen LogP contribution in [0.3, 0.4) is 0 Å². The first-order chi connectivity index (χ1) is 11.1. The fourth-order valence-corrected chi connectivity index (χ4v) is 3.69. The summed E-state index contributed by atoms with van der Waals surface area (Å²) in [5, 5.41) is 0. The third kappa shape index (κ3) is 4.86. The lowest BCUT2D eigenvalue weighted by Crippen LogP contribution is -2.23. The van der Waals surface area contributed by atoms with E-state index < -0.39 is 70.5 Å². The van der Waals surface area contributed by atoms with Crippen LogP contribution >= 0.6 is 22.6 Å². The van der Waals surface area contributed by atoms with Gasteiger partial charge in [-0.2, -0.15) is 17.6 Å². The second-order valence-corrected chi connectivity index (χ2v) is 8.06. The van der Waals surface area contributed by atoms with Crippen LogP contribution in [0, 0.1) is 21.0 Å². The molecule has 7 nitrogen and oxygen atoms in total. The van der Waals surface area contributed by atoms with Crippen molar-refractivity contribution < 1.29 is 52.5 Å². The molecule has 144 valence electrons. The summed E-state index contributed by atoms with van der Waals surface area (Å²) >= 11 is 0.874. The average Bonchev–Trinajstić information content (AvgIpc) is 2.41. The number of benzene rings is 1. The molecule has 0 aliphatic heterocycles. The van der Waals surface area contributed by atoms with Crippen LogP contribution in [0.2, 0.25) is 0 Å². The number of alkyl halides is 3. The summed E-state index contributed by atoms with van der Waals surface area (Å²) in [6, 6.07) is 0. The molecular formula is C9H4F6INO6S2-2. The molecular weight excluding hydrogens is 523 g/mol. The predicted molar refractivity (Wildman–Crippen MR) is 75.7 cm³/mol. The Morgan fingerprint density at radius 3 is 2.00 bits per heavy atom. The summed E-state index contributed by atoms with van der Waals surface area (Å²) in [5.74, 6) is -7.84. The number of rotatable bonds is 6. The van der Waals surface area contributed by atoms with Crippen molar-refractivity contribution in [1.82, 2.24) is 0 Å². The molecule has 1 aromatic rings. The molecule has 16 heteroatoms. The van der Waals surface area contributed by atoms with Gasteiger partial charge in [-0.3, -0.25) is 0 Å². The molecule has 0 aliphatic carbocycles. The lowest BCUT2D eigenvalue weighted by Gasteiger charge is -2.22. The Balaban J connectivity index is 3.03. The maximum atomic E-state index is 13.8. The number of sulfonamides is 1. The van der Waals surface area contributed by atoms with Crippen molar-refractivity contribution >= 4 is 42.7 Å². The van der Waals surface area contributed by atoms with Gasteiger partial charge < -0.3 is 14.0 Å². The Morgan fingerprint density at radius 1 is 1.04 bits per heavy atom. The fourth-order valence-electron chi connectivity index (χ4n) is 1.32. The first kappa shape index (κ1) is 22.2. The highest BCUT2D eigenvalue weighted by molar-refractivity contribution is 14.1. The SMILES string of the molecule is O=S(=O)([O-])c1c(F)c(F)c(OCC[N-]S(=O)(=O)C(F)(F)F)c(F)c1I. The first-order valence-electron chi connectivity index (χ1n) is 5.56. The Morgan fingerprint density at radius 2 is 1.56 bits per heavy atom. The molecule has 0 saturated carbocycles. The summed E-state index contributed by atoms with van der Waals surface area (Å²) < 4.78 is 136. The summed E-state index contributed by atoms with van der Waals surface area (Å²) in [7, 11) is -11.4. The molecule has 0 heterocycles. The smallest absolute Gasteiger partial charge is 0.480 e. The molecule has 0 aliphatic rings. The van der Waals surface area contributed by atoms with Crippen molar-refractivity contribution in [3.63, 3.8) is 0 Å². The summed E-state index contributed by atoms with van der Waals surface area (Å²) in [6.07, 6.45) is 0. The summed E-state index contributed by atoms with van der Waals surface area (Å²) in [5.41, 5.74) is -5.69. The number of halogens is 7. The highest BCUT2D eigenvalue weighted by Crippen LogP contribution is 2.34. The van der Waals surface area contributed by atoms with Crippen molar-refractivity contribution in [2.24, 2.45) is 0 Å². The zero-order valence-electron chi connectivity index (χ0n) is 11.3. The predicted octanol–water partition coefficient (Wildman–Crippen LogP) is 2.21. The highest BCUT2D eigenvalue weighted by atomic mass is 127. The third-order valence-electron chi connectivity index (χ3n) is 2.32. The fraction of sp³-hybridized carbons (Fsp3) is 0.333. The molecule has 0 saturated heterocycles. The molecule has 0 radical (unpaired) electrons. The molecule has 1 rings (SSSR count). The van der Waals surface area contributed by atoms with Crippen LogP contribution in [0.15, 0.2) is 4.90 Å². The van der Waals surface area contributed by atoms with Gasteiger partial charge >= 0.3 is 5.51 Å². The summed E-state index contributed by atoms with van der Waals surface area (Å²) in [4.78, 5) is -1.81. The van der Waals surface area contributed by atoms with E-state index in [4.69, 9.17) is 0 Å². The van der Waals surface area contributed by atoms with Crippen LogP contribution in [0.5, 0.6) is 5.75 Å². The Labute approximate surface area is 150 Å². The normalized spacial score (nSPS) is 13.1. The largest absolute Gasteiger partial charge is 0.744 e. The van der Waals surface area contributed by atoms with Gasteiger partial charge in [-0.05, 0) is 22.6 Å². The van der Waals surface area contributed by atoms with E-state index >= 15 is 0 Å². The molecule has 0 bridgehead atoms.